The van der Waals surface area contributed by atoms with E-state index in [9.17, 15) is 9.18 Å². The Labute approximate surface area is 108 Å². The van der Waals surface area contributed by atoms with Crippen molar-refractivity contribution in [1.82, 2.24) is 0 Å². The minimum atomic E-state index is -0.340. The second-order valence-corrected chi connectivity index (χ2v) is 5.08. The van der Waals surface area contributed by atoms with Crippen molar-refractivity contribution in [2.75, 3.05) is 6.61 Å². The van der Waals surface area contributed by atoms with E-state index in [4.69, 9.17) is 4.74 Å². The molecule has 0 N–H and O–H groups in total. The van der Waals surface area contributed by atoms with Crippen LogP contribution >= 0.6 is 15.9 Å². The number of carbonyl (C=O) groups is 1. The first-order valence-electron chi connectivity index (χ1n) is 5.76. The molecular weight excluding hydrogens is 287 g/mol. The van der Waals surface area contributed by atoms with Crippen LogP contribution in [0.5, 0.6) is 0 Å². The lowest BCUT2D eigenvalue weighted by atomic mass is 10.0. The van der Waals surface area contributed by atoms with E-state index in [0.717, 1.165) is 25.9 Å². The van der Waals surface area contributed by atoms with Crippen LogP contribution in [0.1, 0.15) is 36.0 Å². The Hall–Kier alpha value is -0.740. The van der Waals surface area contributed by atoms with Gasteiger partial charge >= 0.3 is 0 Å². The number of ketones is 1. The summed E-state index contributed by atoms with van der Waals surface area (Å²) in [5, 5.41) is 0. The molecule has 1 heterocycles. The highest BCUT2D eigenvalue weighted by Gasteiger charge is 2.18. The molecule has 1 atom stereocenters. The number of carbonyl (C=O) groups excluding carboxylic acids is 1. The Morgan fingerprint density at radius 1 is 1.53 bits per heavy atom. The smallest absolute Gasteiger partial charge is 0.164 e. The van der Waals surface area contributed by atoms with Gasteiger partial charge in [-0.05, 0) is 53.4 Å². The molecule has 0 radical (unpaired) electrons. The molecule has 1 saturated heterocycles. The van der Waals surface area contributed by atoms with E-state index in [1.807, 2.05) is 0 Å². The summed E-state index contributed by atoms with van der Waals surface area (Å²) in [6, 6.07) is 4.15. The van der Waals surface area contributed by atoms with Gasteiger partial charge in [0.25, 0.3) is 0 Å². The summed E-state index contributed by atoms with van der Waals surface area (Å²) in [5.74, 6) is -0.306. The molecule has 92 valence electrons. The minimum Gasteiger partial charge on any atom is -0.378 e. The maximum absolute atomic E-state index is 12.9. The second-order valence-electron chi connectivity index (χ2n) is 4.22. The summed E-state index contributed by atoms with van der Waals surface area (Å²) < 4.78 is 18.9. The maximum Gasteiger partial charge on any atom is 0.164 e. The highest BCUT2D eigenvalue weighted by Crippen LogP contribution is 2.22. The van der Waals surface area contributed by atoms with Crippen LogP contribution in [-0.4, -0.2) is 18.5 Å². The van der Waals surface area contributed by atoms with Crippen LogP contribution in [0.25, 0.3) is 0 Å². The third kappa shape index (κ3) is 3.36. The molecule has 0 bridgehead atoms. The Balaban J connectivity index is 1.94. The number of Topliss-reactive ketones (excluding diaryl/α,β-unsaturated/α-hetero) is 1. The number of ether oxygens (including phenoxy) is 1. The first-order chi connectivity index (χ1) is 8.16. The summed E-state index contributed by atoms with van der Waals surface area (Å²) in [5.41, 5.74) is 0.546. The van der Waals surface area contributed by atoms with E-state index < -0.39 is 0 Å². The summed E-state index contributed by atoms with van der Waals surface area (Å²) in [4.78, 5) is 11.9. The first kappa shape index (κ1) is 12.7. The van der Waals surface area contributed by atoms with Gasteiger partial charge in [-0.3, -0.25) is 4.79 Å². The molecule has 2 rings (SSSR count). The van der Waals surface area contributed by atoms with E-state index in [0.29, 0.717) is 16.5 Å². The second kappa shape index (κ2) is 5.74. The number of rotatable bonds is 4. The summed E-state index contributed by atoms with van der Waals surface area (Å²) >= 11 is 3.21. The average Bonchev–Trinajstić information content (AvgIpc) is 2.78. The van der Waals surface area contributed by atoms with Gasteiger partial charge in [-0.1, -0.05) is 0 Å². The predicted octanol–water partition coefficient (Wildman–Crippen LogP) is 3.73. The fourth-order valence-corrected chi connectivity index (χ4v) is 2.59. The molecule has 1 aromatic rings. The number of benzene rings is 1. The fourth-order valence-electron chi connectivity index (χ4n) is 2.01. The molecule has 0 spiro atoms. The first-order valence-corrected chi connectivity index (χ1v) is 6.56. The number of hydrogen-bond acceptors (Lipinski definition) is 2. The maximum atomic E-state index is 12.9. The molecule has 4 heteroatoms. The molecule has 0 aromatic heterocycles. The van der Waals surface area contributed by atoms with E-state index in [-0.39, 0.29) is 17.7 Å². The van der Waals surface area contributed by atoms with Crippen molar-refractivity contribution in [3.63, 3.8) is 0 Å². The SMILES string of the molecule is O=C(CCC1CCCO1)c1ccc(F)cc1Br. The highest BCUT2D eigenvalue weighted by molar-refractivity contribution is 9.10. The molecule has 1 aromatic carbocycles. The summed E-state index contributed by atoms with van der Waals surface area (Å²) in [6.07, 6.45) is 3.55. The van der Waals surface area contributed by atoms with Crippen LogP contribution in [-0.2, 0) is 4.74 Å². The number of halogens is 2. The zero-order valence-electron chi connectivity index (χ0n) is 9.42. The lowest BCUT2D eigenvalue weighted by Gasteiger charge is -2.09. The van der Waals surface area contributed by atoms with Gasteiger partial charge in [0, 0.05) is 23.1 Å². The van der Waals surface area contributed by atoms with Crippen LogP contribution in [0.3, 0.4) is 0 Å². The van der Waals surface area contributed by atoms with Gasteiger partial charge in [0.2, 0.25) is 0 Å². The van der Waals surface area contributed by atoms with Crippen LogP contribution in [0.4, 0.5) is 4.39 Å². The van der Waals surface area contributed by atoms with Crippen molar-refractivity contribution in [3.8, 4) is 0 Å². The van der Waals surface area contributed by atoms with Crippen molar-refractivity contribution in [3.05, 3.63) is 34.1 Å². The molecule has 1 fully saturated rings. The van der Waals surface area contributed by atoms with Crippen molar-refractivity contribution in [1.29, 1.82) is 0 Å². The topological polar surface area (TPSA) is 26.3 Å². The normalized spacial score (nSPS) is 19.5. The quantitative estimate of drug-likeness (QED) is 0.792. The van der Waals surface area contributed by atoms with Gasteiger partial charge in [-0.25, -0.2) is 4.39 Å². The molecule has 1 unspecified atom stereocenters. The fraction of sp³-hybridized carbons (Fsp3) is 0.462. The van der Waals surface area contributed by atoms with E-state index in [1.54, 1.807) is 0 Å². The van der Waals surface area contributed by atoms with Crippen LogP contribution in [0.2, 0.25) is 0 Å². The molecule has 2 nitrogen and oxygen atoms in total. The van der Waals surface area contributed by atoms with Crippen molar-refractivity contribution in [2.45, 2.75) is 31.8 Å². The lowest BCUT2D eigenvalue weighted by molar-refractivity contribution is 0.0859. The van der Waals surface area contributed by atoms with Gasteiger partial charge in [-0.2, -0.15) is 0 Å². The van der Waals surface area contributed by atoms with Gasteiger partial charge in [-0.15, -0.1) is 0 Å². The minimum absolute atomic E-state index is 0.0346. The Morgan fingerprint density at radius 2 is 2.35 bits per heavy atom. The molecule has 0 saturated carbocycles. The molecule has 0 aliphatic carbocycles. The van der Waals surface area contributed by atoms with E-state index in [2.05, 4.69) is 15.9 Å². The van der Waals surface area contributed by atoms with Crippen LogP contribution in [0.15, 0.2) is 22.7 Å². The molecule has 1 aliphatic rings. The van der Waals surface area contributed by atoms with Gasteiger partial charge < -0.3 is 4.74 Å². The monoisotopic (exact) mass is 300 g/mol. The Bertz CT molecular complexity index is 414. The van der Waals surface area contributed by atoms with Crippen molar-refractivity contribution in [2.24, 2.45) is 0 Å². The van der Waals surface area contributed by atoms with E-state index >= 15 is 0 Å². The predicted molar refractivity (Wildman–Crippen MR) is 66.6 cm³/mol. The Kier molecular flexibility index (Phi) is 4.29. The van der Waals surface area contributed by atoms with Crippen molar-refractivity contribution < 1.29 is 13.9 Å². The van der Waals surface area contributed by atoms with Crippen molar-refractivity contribution >= 4 is 21.7 Å². The molecule has 1 aliphatic heterocycles. The average molecular weight is 301 g/mol. The summed E-state index contributed by atoms with van der Waals surface area (Å²) in [6.45, 7) is 0.805. The largest absolute Gasteiger partial charge is 0.378 e. The third-order valence-electron chi connectivity index (χ3n) is 2.95. The zero-order valence-corrected chi connectivity index (χ0v) is 11.0. The van der Waals surface area contributed by atoms with Gasteiger partial charge in [0.15, 0.2) is 5.78 Å². The number of hydrogen-bond donors (Lipinski definition) is 0. The lowest BCUT2D eigenvalue weighted by Crippen LogP contribution is -2.09. The third-order valence-corrected chi connectivity index (χ3v) is 3.60. The molecular formula is C13H14BrFO2. The van der Waals surface area contributed by atoms with Gasteiger partial charge in [0.05, 0.1) is 6.10 Å². The van der Waals surface area contributed by atoms with Crippen LogP contribution in [0, 0.1) is 5.82 Å². The highest BCUT2D eigenvalue weighted by atomic mass is 79.9. The molecule has 17 heavy (non-hydrogen) atoms. The van der Waals surface area contributed by atoms with Gasteiger partial charge in [0.1, 0.15) is 5.82 Å². The van der Waals surface area contributed by atoms with E-state index in [1.165, 1.54) is 18.2 Å². The molecule has 0 amide bonds. The summed E-state index contributed by atoms with van der Waals surface area (Å²) in [7, 11) is 0. The van der Waals surface area contributed by atoms with Crippen LogP contribution < -0.4 is 0 Å². The standard InChI is InChI=1S/C13H14BrFO2/c14-12-8-9(15)3-5-11(12)13(16)6-4-10-2-1-7-17-10/h3,5,8,10H,1-2,4,6-7H2. The Morgan fingerprint density at radius 3 is 3.00 bits per heavy atom. The zero-order chi connectivity index (χ0) is 12.3.